The predicted molar refractivity (Wildman–Crippen MR) is 106 cm³/mol. The third-order valence-corrected chi connectivity index (χ3v) is 6.65. The highest BCUT2D eigenvalue weighted by atomic mass is 32.1. The van der Waals surface area contributed by atoms with E-state index in [1.165, 1.54) is 4.88 Å². The van der Waals surface area contributed by atoms with Crippen LogP contribution in [0.5, 0.6) is 0 Å². The number of carbonyl (C=O) groups excluding carboxylic acids is 1. The van der Waals surface area contributed by atoms with Gasteiger partial charge in [-0.1, -0.05) is 6.07 Å². The Labute approximate surface area is 164 Å². The Morgan fingerprint density at radius 1 is 1.41 bits per heavy atom. The summed E-state index contributed by atoms with van der Waals surface area (Å²) < 4.78 is 8.06. The fraction of sp³-hybridized carbons (Fsp3) is 0.600. The molecule has 1 N–H and O–H groups in total. The van der Waals surface area contributed by atoms with Gasteiger partial charge in [0.05, 0.1) is 17.4 Å². The first-order valence-corrected chi connectivity index (χ1v) is 10.6. The van der Waals surface area contributed by atoms with E-state index in [1.807, 2.05) is 24.3 Å². The van der Waals surface area contributed by atoms with Crippen LogP contribution in [0.3, 0.4) is 0 Å². The van der Waals surface area contributed by atoms with E-state index in [9.17, 15) is 4.79 Å². The number of thiophene rings is 1. The maximum Gasteiger partial charge on any atom is 0.269 e. The van der Waals surface area contributed by atoms with Crippen LogP contribution in [0.15, 0.2) is 23.6 Å². The van der Waals surface area contributed by atoms with Gasteiger partial charge in [-0.05, 0) is 50.1 Å². The van der Waals surface area contributed by atoms with Crippen LogP contribution in [0, 0.1) is 6.92 Å². The molecule has 2 saturated heterocycles. The number of carbonyl (C=O) groups is 1. The van der Waals surface area contributed by atoms with Crippen molar-refractivity contribution in [3.05, 3.63) is 39.8 Å². The lowest BCUT2D eigenvalue weighted by molar-refractivity contribution is -0.0763. The van der Waals surface area contributed by atoms with Gasteiger partial charge in [0.1, 0.15) is 5.69 Å². The zero-order valence-corrected chi connectivity index (χ0v) is 16.9. The molecule has 6 nitrogen and oxygen atoms in total. The van der Waals surface area contributed by atoms with Crippen LogP contribution in [-0.2, 0) is 18.3 Å². The molecule has 0 saturated carbocycles. The lowest BCUT2D eigenvalue weighted by atomic mass is 9.88. The first-order valence-electron chi connectivity index (χ1n) is 9.74. The summed E-state index contributed by atoms with van der Waals surface area (Å²) >= 11 is 1.83. The van der Waals surface area contributed by atoms with Crippen LogP contribution in [-0.4, -0.2) is 51.9 Å². The number of likely N-dealkylation sites (tertiary alicyclic amines) is 1. The number of aryl methyl sites for hydroxylation is 2. The van der Waals surface area contributed by atoms with E-state index in [0.717, 1.165) is 51.0 Å². The fourth-order valence-corrected chi connectivity index (χ4v) is 5.01. The Kier molecular flexibility index (Phi) is 5.34. The van der Waals surface area contributed by atoms with Crippen LogP contribution in [0.2, 0.25) is 0 Å². The number of hydrogen-bond donors (Lipinski definition) is 1. The normalized spacial score (nSPS) is 22.4. The first-order chi connectivity index (χ1) is 13.0. The van der Waals surface area contributed by atoms with E-state index in [4.69, 9.17) is 4.74 Å². The zero-order valence-electron chi connectivity index (χ0n) is 16.1. The molecular formula is C20H28N4O2S. The summed E-state index contributed by atoms with van der Waals surface area (Å²) in [4.78, 5) is 16.3. The quantitative estimate of drug-likeness (QED) is 0.856. The summed E-state index contributed by atoms with van der Waals surface area (Å²) in [6, 6.07) is 6.15. The van der Waals surface area contributed by atoms with Gasteiger partial charge in [-0.15, -0.1) is 11.3 Å². The largest absolute Gasteiger partial charge is 0.370 e. The number of nitrogens with zero attached hydrogens (tertiary/aromatic N) is 3. The molecule has 2 aliphatic rings. The van der Waals surface area contributed by atoms with Gasteiger partial charge >= 0.3 is 0 Å². The van der Waals surface area contributed by atoms with E-state index in [2.05, 4.69) is 32.8 Å². The van der Waals surface area contributed by atoms with Crippen molar-refractivity contribution >= 4 is 17.2 Å². The molecule has 0 bridgehead atoms. The molecular weight excluding hydrogens is 360 g/mol. The highest BCUT2D eigenvalue weighted by molar-refractivity contribution is 7.09. The SMILES string of the molecule is Cc1cc(C(=O)NC[C@H]2CCC3(CCN(Cc4cccs4)CC3)O2)n(C)n1. The Bertz CT molecular complexity index is 778. The molecule has 2 aliphatic heterocycles. The number of rotatable bonds is 5. The van der Waals surface area contributed by atoms with Crippen LogP contribution < -0.4 is 5.32 Å². The number of hydrogen-bond acceptors (Lipinski definition) is 5. The summed E-state index contributed by atoms with van der Waals surface area (Å²) in [7, 11) is 1.80. The van der Waals surface area contributed by atoms with Crippen LogP contribution in [0.25, 0.3) is 0 Å². The molecule has 27 heavy (non-hydrogen) atoms. The molecule has 1 atom stereocenters. The lowest BCUT2D eigenvalue weighted by Crippen LogP contribution is -2.44. The van der Waals surface area contributed by atoms with Gasteiger partial charge in [0.25, 0.3) is 5.91 Å². The van der Waals surface area contributed by atoms with Gasteiger partial charge in [0.2, 0.25) is 0 Å². The maximum absolute atomic E-state index is 12.4. The van der Waals surface area contributed by atoms with Crippen molar-refractivity contribution in [2.24, 2.45) is 7.05 Å². The highest BCUT2D eigenvalue weighted by Gasteiger charge is 2.42. The smallest absolute Gasteiger partial charge is 0.269 e. The van der Waals surface area contributed by atoms with Gasteiger partial charge in [-0.2, -0.15) is 5.10 Å². The Balaban J connectivity index is 1.24. The molecule has 2 fully saturated rings. The first kappa shape index (κ1) is 18.7. The molecule has 4 heterocycles. The Morgan fingerprint density at radius 2 is 2.22 bits per heavy atom. The summed E-state index contributed by atoms with van der Waals surface area (Å²) in [6.45, 7) is 5.70. The monoisotopic (exact) mass is 388 g/mol. The lowest BCUT2D eigenvalue weighted by Gasteiger charge is -2.39. The van der Waals surface area contributed by atoms with E-state index < -0.39 is 0 Å². The molecule has 4 rings (SSSR count). The molecule has 0 aromatic carbocycles. The third-order valence-electron chi connectivity index (χ3n) is 5.79. The van der Waals surface area contributed by atoms with Gasteiger partial charge in [-0.25, -0.2) is 0 Å². The fourth-order valence-electron chi connectivity index (χ4n) is 4.27. The Hall–Kier alpha value is -1.70. The second-order valence-corrected chi connectivity index (χ2v) is 8.85. The van der Waals surface area contributed by atoms with Crippen LogP contribution in [0.4, 0.5) is 0 Å². The maximum atomic E-state index is 12.4. The van der Waals surface area contributed by atoms with Gasteiger partial charge in [-0.3, -0.25) is 14.4 Å². The topological polar surface area (TPSA) is 59.4 Å². The molecule has 1 amide bonds. The summed E-state index contributed by atoms with van der Waals surface area (Å²) in [5.41, 5.74) is 1.47. The van der Waals surface area contributed by atoms with Crippen molar-refractivity contribution in [1.82, 2.24) is 20.0 Å². The summed E-state index contributed by atoms with van der Waals surface area (Å²) in [6.07, 6.45) is 4.42. The van der Waals surface area contributed by atoms with Gasteiger partial charge < -0.3 is 10.1 Å². The standard InChI is InChI=1S/C20H28N4O2S/c1-15-12-18(23(2)22-15)19(25)21-13-16-5-6-20(26-16)7-9-24(10-8-20)14-17-4-3-11-27-17/h3-4,11-12,16H,5-10,13-14H2,1-2H3,(H,21,25)/t16-/m1/s1. The van der Waals surface area contributed by atoms with E-state index in [0.29, 0.717) is 12.2 Å². The number of aromatic nitrogens is 2. The number of ether oxygens (including phenoxy) is 1. The van der Waals surface area contributed by atoms with Crippen molar-refractivity contribution in [1.29, 1.82) is 0 Å². The summed E-state index contributed by atoms with van der Waals surface area (Å²) in [5, 5.41) is 9.40. The van der Waals surface area contributed by atoms with Gasteiger partial charge in [0, 0.05) is 38.1 Å². The molecule has 7 heteroatoms. The molecule has 0 unspecified atom stereocenters. The average molecular weight is 389 g/mol. The molecule has 146 valence electrons. The molecule has 0 aliphatic carbocycles. The van der Waals surface area contributed by atoms with E-state index in [1.54, 1.807) is 11.7 Å². The number of piperidine rings is 1. The van der Waals surface area contributed by atoms with Crippen molar-refractivity contribution in [3.63, 3.8) is 0 Å². The van der Waals surface area contributed by atoms with Crippen molar-refractivity contribution in [2.75, 3.05) is 19.6 Å². The highest BCUT2D eigenvalue weighted by Crippen LogP contribution is 2.39. The van der Waals surface area contributed by atoms with Crippen LogP contribution in [0.1, 0.15) is 46.7 Å². The minimum atomic E-state index is -0.0755. The second kappa shape index (κ2) is 7.73. The minimum Gasteiger partial charge on any atom is -0.370 e. The number of amides is 1. The zero-order chi connectivity index (χ0) is 18.9. The third kappa shape index (κ3) is 4.25. The van der Waals surface area contributed by atoms with E-state index in [-0.39, 0.29) is 17.6 Å². The molecule has 1 spiro atoms. The van der Waals surface area contributed by atoms with Crippen LogP contribution >= 0.6 is 11.3 Å². The minimum absolute atomic E-state index is 0.0183. The predicted octanol–water partition coefficient (Wildman–Crippen LogP) is 2.73. The number of nitrogens with one attached hydrogen (secondary N) is 1. The molecule has 0 radical (unpaired) electrons. The van der Waals surface area contributed by atoms with Crippen molar-refractivity contribution < 1.29 is 9.53 Å². The van der Waals surface area contributed by atoms with Crippen molar-refractivity contribution in [3.8, 4) is 0 Å². The molecule has 2 aromatic heterocycles. The van der Waals surface area contributed by atoms with Crippen molar-refractivity contribution in [2.45, 2.75) is 50.9 Å². The second-order valence-electron chi connectivity index (χ2n) is 7.82. The molecule has 2 aromatic rings. The summed E-state index contributed by atoms with van der Waals surface area (Å²) in [5.74, 6) is -0.0755. The van der Waals surface area contributed by atoms with Gasteiger partial charge in [0.15, 0.2) is 0 Å². The average Bonchev–Trinajstić information content (AvgIpc) is 3.37. The van der Waals surface area contributed by atoms with E-state index >= 15 is 0 Å². The Morgan fingerprint density at radius 3 is 2.89 bits per heavy atom.